The zero-order valence-electron chi connectivity index (χ0n) is 14.7. The summed E-state index contributed by atoms with van der Waals surface area (Å²) in [4.78, 5) is 21.9. The fourth-order valence-electron chi connectivity index (χ4n) is 2.23. The van der Waals surface area contributed by atoms with Crippen LogP contribution in [0.5, 0.6) is 0 Å². The largest absolute Gasteiger partial charge is 0.352 e. The summed E-state index contributed by atoms with van der Waals surface area (Å²) in [6.07, 6.45) is -0.0423. The number of non-ortho nitro benzene ring substituents is 1. The first-order valence-electron chi connectivity index (χ1n) is 8.31. The fraction of sp³-hybridized carbons (Fsp3) is 0.562. The topological polar surface area (TPSA) is 98.5 Å². The summed E-state index contributed by atoms with van der Waals surface area (Å²) in [5, 5.41) is 12.9. The summed E-state index contributed by atoms with van der Waals surface area (Å²) in [6.45, 7) is 2.83. The molecule has 0 aliphatic heterocycles. The molecule has 0 radical (unpaired) electrons. The molecule has 0 aliphatic rings. The molecule has 1 amide bonds. The van der Waals surface area contributed by atoms with E-state index in [-0.39, 0.29) is 24.0 Å². The van der Waals surface area contributed by atoms with Crippen molar-refractivity contribution in [2.45, 2.75) is 38.8 Å². The van der Waals surface area contributed by atoms with Gasteiger partial charge in [-0.15, -0.1) is 0 Å². The van der Waals surface area contributed by atoms with Gasteiger partial charge in [-0.2, -0.15) is 8.78 Å². The van der Waals surface area contributed by atoms with Crippen molar-refractivity contribution in [2.75, 3.05) is 19.3 Å². The van der Waals surface area contributed by atoms with E-state index >= 15 is 0 Å². The maximum atomic E-state index is 14.4. The predicted molar refractivity (Wildman–Crippen MR) is 94.0 cm³/mol. The number of alkyl halides is 2. The lowest BCUT2D eigenvalue weighted by Crippen LogP contribution is -2.30. The van der Waals surface area contributed by atoms with Gasteiger partial charge in [-0.05, 0) is 25.5 Å². The van der Waals surface area contributed by atoms with Gasteiger partial charge in [-0.1, -0.05) is 13.3 Å². The number of carbonyl (C=O) groups is 1. The molecule has 0 saturated carbocycles. The second-order valence-corrected chi connectivity index (χ2v) is 8.35. The lowest BCUT2D eigenvalue weighted by Gasteiger charge is -2.27. The third kappa shape index (κ3) is 5.85. The predicted octanol–water partition coefficient (Wildman–Crippen LogP) is 4.42. The highest BCUT2D eigenvalue weighted by molar-refractivity contribution is 7.60. The minimum atomic E-state index is -4.15. The number of carbonyl (C=O) groups excluding carboxylic acids is 1. The van der Waals surface area contributed by atoms with Crippen molar-refractivity contribution in [1.29, 1.82) is 0 Å². The van der Waals surface area contributed by atoms with E-state index in [1.165, 1.54) is 19.1 Å². The molecule has 1 rings (SSSR count). The Kier molecular flexibility index (Phi) is 8.30. The molecule has 10 heteroatoms. The molecule has 0 fully saturated rings. The van der Waals surface area contributed by atoms with E-state index in [9.17, 15) is 28.3 Å². The van der Waals surface area contributed by atoms with Crippen molar-refractivity contribution in [3.05, 3.63) is 39.9 Å². The minimum Gasteiger partial charge on any atom is -0.352 e. The number of amides is 1. The van der Waals surface area contributed by atoms with Crippen LogP contribution in [0.25, 0.3) is 0 Å². The Morgan fingerprint density at radius 2 is 1.92 bits per heavy atom. The molecule has 1 atom stereocenters. The van der Waals surface area contributed by atoms with Crippen molar-refractivity contribution < 1.29 is 27.6 Å². The number of nitro benzene ring substituents is 1. The number of halogens is 2. The molecule has 1 aromatic carbocycles. The Morgan fingerprint density at radius 1 is 1.31 bits per heavy atom. The molecule has 0 bridgehead atoms. The maximum Gasteiger partial charge on any atom is 0.323 e. The first kappa shape index (κ1) is 22.2. The number of rotatable bonds is 11. The van der Waals surface area contributed by atoms with Crippen LogP contribution >= 0.6 is 7.37 Å². The van der Waals surface area contributed by atoms with Crippen LogP contribution in [0.1, 0.15) is 43.5 Å². The number of benzene rings is 1. The third-order valence-corrected chi connectivity index (χ3v) is 6.49. The van der Waals surface area contributed by atoms with Crippen LogP contribution in [0.2, 0.25) is 0 Å². The van der Waals surface area contributed by atoms with Gasteiger partial charge in [-0.25, -0.2) is 0 Å². The lowest BCUT2D eigenvalue weighted by atomic mass is 10.2. The van der Waals surface area contributed by atoms with Crippen LogP contribution in [0.3, 0.4) is 0 Å². The number of nitrogens with zero attached hydrogens (tertiary/aromatic N) is 1. The highest BCUT2D eigenvalue weighted by Crippen LogP contribution is 2.62. The number of nitrogens with one attached hydrogen (secondary N) is 1. The smallest absolute Gasteiger partial charge is 0.323 e. The molecule has 1 aromatic rings. The Labute approximate surface area is 150 Å². The highest BCUT2D eigenvalue weighted by Gasteiger charge is 2.50. The van der Waals surface area contributed by atoms with Crippen LogP contribution < -0.4 is 5.32 Å². The Balaban J connectivity index is 2.67. The summed E-state index contributed by atoms with van der Waals surface area (Å²) >= 11 is 0. The van der Waals surface area contributed by atoms with Gasteiger partial charge < -0.3 is 9.84 Å². The molecule has 0 saturated heterocycles. The van der Waals surface area contributed by atoms with Crippen molar-refractivity contribution >= 4 is 19.0 Å². The molecule has 7 nitrogen and oxygen atoms in total. The molecule has 0 aliphatic carbocycles. The summed E-state index contributed by atoms with van der Waals surface area (Å²) in [7, 11) is -4.15. The van der Waals surface area contributed by atoms with E-state index in [0.717, 1.165) is 12.1 Å². The SMILES string of the molecule is CCCCP(=O)(OCC)C(F)(F)CCNC(=O)c1ccc([N+](=O)[O-])cc1. The Morgan fingerprint density at radius 3 is 2.42 bits per heavy atom. The third-order valence-electron chi connectivity index (χ3n) is 3.69. The van der Waals surface area contributed by atoms with E-state index in [1.54, 1.807) is 6.92 Å². The van der Waals surface area contributed by atoms with E-state index < -0.39 is 36.8 Å². The number of hydrogen-bond acceptors (Lipinski definition) is 5. The van der Waals surface area contributed by atoms with Gasteiger partial charge in [0, 0.05) is 36.8 Å². The lowest BCUT2D eigenvalue weighted by molar-refractivity contribution is -0.384. The second kappa shape index (κ2) is 9.73. The molecule has 146 valence electrons. The molecule has 0 spiro atoms. The summed E-state index contributed by atoms with van der Waals surface area (Å²) < 4.78 is 46.1. The van der Waals surface area contributed by atoms with Crippen LogP contribution in [-0.2, 0) is 9.09 Å². The summed E-state index contributed by atoms with van der Waals surface area (Å²) in [6, 6.07) is 4.77. The monoisotopic (exact) mass is 392 g/mol. The summed E-state index contributed by atoms with van der Waals surface area (Å²) in [5.41, 5.74) is -3.61. The highest BCUT2D eigenvalue weighted by atomic mass is 31.2. The fourth-order valence-corrected chi connectivity index (χ4v) is 4.48. The molecular formula is C16H23F2N2O5P. The number of unbranched alkanes of at least 4 members (excludes halogenated alkanes) is 1. The van der Waals surface area contributed by atoms with Crippen LogP contribution in [-0.4, -0.2) is 35.8 Å². The average Bonchev–Trinajstić information content (AvgIpc) is 2.59. The van der Waals surface area contributed by atoms with Gasteiger partial charge >= 0.3 is 5.66 Å². The Hall–Kier alpha value is -1.86. The quantitative estimate of drug-likeness (QED) is 0.341. The molecular weight excluding hydrogens is 369 g/mol. The minimum absolute atomic E-state index is 0.0776. The van der Waals surface area contributed by atoms with Crippen molar-refractivity contribution in [1.82, 2.24) is 5.32 Å². The van der Waals surface area contributed by atoms with Gasteiger partial charge in [0.15, 0.2) is 0 Å². The van der Waals surface area contributed by atoms with Gasteiger partial charge in [0.25, 0.3) is 19.0 Å². The second-order valence-electron chi connectivity index (χ2n) is 5.64. The van der Waals surface area contributed by atoms with Gasteiger partial charge in [0.1, 0.15) is 0 Å². The average molecular weight is 392 g/mol. The normalized spacial score (nSPS) is 13.8. The van der Waals surface area contributed by atoms with Gasteiger partial charge in [0.2, 0.25) is 0 Å². The standard InChI is InChI=1S/C16H23F2N2O5P/c1-3-5-12-26(24,25-4-2)16(17,18)10-11-19-15(21)13-6-8-14(9-7-13)20(22)23/h6-9H,3-5,10-12H2,1-2H3,(H,19,21). The zero-order chi connectivity index (χ0) is 19.8. The molecule has 1 unspecified atom stereocenters. The zero-order valence-corrected chi connectivity index (χ0v) is 15.6. The van der Waals surface area contributed by atoms with Crippen LogP contribution in [0.4, 0.5) is 14.5 Å². The first-order chi connectivity index (χ1) is 12.2. The summed E-state index contributed by atoms with van der Waals surface area (Å²) in [5.74, 6) is -0.643. The van der Waals surface area contributed by atoms with Gasteiger partial charge in [0.05, 0.1) is 11.5 Å². The van der Waals surface area contributed by atoms with Crippen molar-refractivity contribution in [2.24, 2.45) is 0 Å². The van der Waals surface area contributed by atoms with E-state index in [4.69, 9.17) is 4.52 Å². The molecule has 26 heavy (non-hydrogen) atoms. The van der Waals surface area contributed by atoms with E-state index in [0.29, 0.717) is 12.8 Å². The van der Waals surface area contributed by atoms with Crippen molar-refractivity contribution in [3.8, 4) is 0 Å². The van der Waals surface area contributed by atoms with E-state index in [2.05, 4.69) is 5.32 Å². The number of nitro groups is 1. The first-order valence-corrected chi connectivity index (χ1v) is 10.1. The maximum absolute atomic E-state index is 14.4. The van der Waals surface area contributed by atoms with Crippen LogP contribution in [0, 0.1) is 10.1 Å². The molecule has 0 aromatic heterocycles. The van der Waals surface area contributed by atoms with Crippen molar-refractivity contribution in [3.63, 3.8) is 0 Å². The molecule has 0 heterocycles. The Bertz CT molecular complexity index is 667. The van der Waals surface area contributed by atoms with Gasteiger partial charge in [-0.3, -0.25) is 19.5 Å². The molecule has 1 N–H and O–H groups in total. The van der Waals surface area contributed by atoms with E-state index in [1.807, 2.05) is 0 Å². The number of hydrogen-bond donors (Lipinski definition) is 1. The van der Waals surface area contributed by atoms with Crippen LogP contribution in [0.15, 0.2) is 24.3 Å².